The van der Waals surface area contributed by atoms with E-state index in [1.165, 1.54) is 0 Å². The van der Waals surface area contributed by atoms with Crippen LogP contribution in [-0.2, 0) is 14.3 Å². The lowest BCUT2D eigenvalue weighted by Gasteiger charge is -2.34. The molecule has 0 bridgehead atoms. The highest BCUT2D eigenvalue weighted by molar-refractivity contribution is 5.84. The fourth-order valence-corrected chi connectivity index (χ4v) is 2.66. The minimum absolute atomic E-state index is 0.0132. The number of nitriles is 1. The molecule has 0 aromatic heterocycles. The Hall–Kier alpha value is -1.12. The molecule has 1 rings (SSSR count). The summed E-state index contributed by atoms with van der Waals surface area (Å²) >= 11 is 0. The van der Waals surface area contributed by atoms with Gasteiger partial charge in [-0.1, -0.05) is 20.3 Å². The molecule has 5 heteroatoms. The smallest absolute Gasteiger partial charge is 0.239 e. The first-order valence-electron chi connectivity index (χ1n) is 7.78. The van der Waals surface area contributed by atoms with E-state index in [1.54, 1.807) is 13.8 Å². The molecule has 1 N–H and O–H groups in total. The van der Waals surface area contributed by atoms with Crippen molar-refractivity contribution in [2.24, 2.45) is 10.8 Å². The number of nitrogens with zero attached hydrogens (tertiary/aromatic N) is 1. The molecular formula is C16H28N2O3. The summed E-state index contributed by atoms with van der Waals surface area (Å²) in [5.74, 6) is -0.212. The monoisotopic (exact) mass is 296 g/mol. The SMILES string of the molecule is CCC[C@](C)(CCCNC(=O)C(C)(C)C#N)C1OCCO1. The van der Waals surface area contributed by atoms with Crippen LogP contribution in [0.3, 0.4) is 0 Å². The lowest BCUT2D eigenvalue weighted by atomic mass is 9.80. The number of hydrogen-bond acceptors (Lipinski definition) is 4. The van der Waals surface area contributed by atoms with Crippen LogP contribution < -0.4 is 5.32 Å². The summed E-state index contributed by atoms with van der Waals surface area (Å²) in [6.45, 7) is 9.51. The van der Waals surface area contributed by atoms with Crippen LogP contribution in [0.15, 0.2) is 0 Å². The second kappa shape index (κ2) is 7.77. The van der Waals surface area contributed by atoms with E-state index in [0.29, 0.717) is 19.8 Å². The lowest BCUT2D eigenvalue weighted by Crippen LogP contribution is -2.38. The average molecular weight is 296 g/mol. The molecule has 0 unspecified atom stereocenters. The summed E-state index contributed by atoms with van der Waals surface area (Å²) in [5, 5.41) is 11.8. The third-order valence-electron chi connectivity index (χ3n) is 4.07. The predicted molar refractivity (Wildman–Crippen MR) is 80.3 cm³/mol. The van der Waals surface area contributed by atoms with E-state index in [2.05, 4.69) is 19.2 Å². The summed E-state index contributed by atoms with van der Waals surface area (Å²) < 4.78 is 11.3. The Balaban J connectivity index is 2.41. The van der Waals surface area contributed by atoms with Crippen molar-refractivity contribution >= 4 is 5.91 Å². The Bertz CT molecular complexity index is 383. The standard InChI is InChI=1S/C16H28N2O3/c1-5-7-16(4,14-20-10-11-21-14)8-6-9-18-13(19)15(2,3)12-17/h14H,5-11H2,1-4H3,(H,18,19)/t16-/m1/s1. The maximum atomic E-state index is 11.8. The number of hydrogen-bond donors (Lipinski definition) is 1. The zero-order valence-corrected chi connectivity index (χ0v) is 13.7. The topological polar surface area (TPSA) is 71.4 Å². The van der Waals surface area contributed by atoms with Crippen molar-refractivity contribution < 1.29 is 14.3 Å². The second-order valence-corrected chi connectivity index (χ2v) is 6.57. The van der Waals surface area contributed by atoms with Crippen molar-refractivity contribution in [2.45, 2.75) is 59.7 Å². The molecule has 1 amide bonds. The Kier molecular flexibility index (Phi) is 6.63. The molecule has 1 aliphatic rings. The molecule has 0 saturated carbocycles. The Morgan fingerprint density at radius 2 is 1.90 bits per heavy atom. The zero-order chi connectivity index (χ0) is 15.9. The summed E-state index contributed by atoms with van der Waals surface area (Å²) in [4.78, 5) is 11.8. The molecule has 0 aliphatic carbocycles. The Morgan fingerprint density at radius 1 is 1.29 bits per heavy atom. The molecule has 0 radical (unpaired) electrons. The van der Waals surface area contributed by atoms with Crippen molar-refractivity contribution in [3.8, 4) is 6.07 Å². The normalized spacial score (nSPS) is 19.0. The van der Waals surface area contributed by atoms with Crippen LogP contribution in [0.1, 0.15) is 53.4 Å². The average Bonchev–Trinajstić information content (AvgIpc) is 2.98. The van der Waals surface area contributed by atoms with Crippen LogP contribution in [-0.4, -0.2) is 32.0 Å². The molecule has 1 aliphatic heterocycles. The molecule has 1 atom stereocenters. The maximum absolute atomic E-state index is 11.8. The van der Waals surface area contributed by atoms with E-state index in [9.17, 15) is 4.79 Å². The quantitative estimate of drug-likeness (QED) is 0.699. The Morgan fingerprint density at radius 3 is 2.43 bits per heavy atom. The van der Waals surface area contributed by atoms with Gasteiger partial charge in [0.15, 0.2) is 6.29 Å². The van der Waals surface area contributed by atoms with Gasteiger partial charge in [-0.3, -0.25) is 4.79 Å². The summed E-state index contributed by atoms with van der Waals surface area (Å²) in [5.41, 5.74) is -0.981. The third-order valence-corrected chi connectivity index (χ3v) is 4.07. The van der Waals surface area contributed by atoms with Gasteiger partial charge in [-0.25, -0.2) is 0 Å². The molecule has 0 aromatic carbocycles. The van der Waals surface area contributed by atoms with Gasteiger partial charge in [-0.2, -0.15) is 5.26 Å². The Labute approximate surface area is 128 Å². The minimum atomic E-state index is -0.968. The van der Waals surface area contributed by atoms with E-state index in [0.717, 1.165) is 25.7 Å². The van der Waals surface area contributed by atoms with E-state index < -0.39 is 5.41 Å². The van der Waals surface area contributed by atoms with Crippen molar-refractivity contribution in [1.82, 2.24) is 5.32 Å². The van der Waals surface area contributed by atoms with Crippen LogP contribution in [0, 0.1) is 22.2 Å². The second-order valence-electron chi connectivity index (χ2n) is 6.57. The van der Waals surface area contributed by atoms with Gasteiger partial charge in [-0.15, -0.1) is 0 Å². The van der Waals surface area contributed by atoms with Crippen LogP contribution in [0.2, 0.25) is 0 Å². The molecule has 1 saturated heterocycles. The van der Waals surface area contributed by atoms with Gasteiger partial charge in [0.25, 0.3) is 0 Å². The van der Waals surface area contributed by atoms with Gasteiger partial charge in [0.05, 0.1) is 19.3 Å². The van der Waals surface area contributed by atoms with Crippen molar-refractivity contribution in [2.75, 3.05) is 19.8 Å². The van der Waals surface area contributed by atoms with Crippen molar-refractivity contribution in [1.29, 1.82) is 5.26 Å². The molecule has 1 heterocycles. The van der Waals surface area contributed by atoms with Gasteiger partial charge < -0.3 is 14.8 Å². The number of amides is 1. The minimum Gasteiger partial charge on any atom is -0.355 e. The fourth-order valence-electron chi connectivity index (χ4n) is 2.66. The number of carbonyl (C=O) groups excluding carboxylic acids is 1. The highest BCUT2D eigenvalue weighted by atomic mass is 16.7. The highest BCUT2D eigenvalue weighted by Gasteiger charge is 2.37. The molecule has 1 fully saturated rings. The number of ether oxygens (including phenoxy) is 2. The third kappa shape index (κ3) is 4.98. The predicted octanol–water partition coefficient (Wildman–Crippen LogP) is 2.61. The largest absolute Gasteiger partial charge is 0.355 e. The first-order chi connectivity index (χ1) is 9.85. The molecule has 0 spiro atoms. The molecule has 120 valence electrons. The first kappa shape index (κ1) is 17.9. The van der Waals surface area contributed by atoms with Gasteiger partial charge in [0.2, 0.25) is 5.91 Å². The van der Waals surface area contributed by atoms with Gasteiger partial charge in [0.1, 0.15) is 5.41 Å². The van der Waals surface area contributed by atoms with Crippen LogP contribution in [0.4, 0.5) is 0 Å². The molecule has 0 aromatic rings. The summed E-state index contributed by atoms with van der Waals surface area (Å²) in [7, 11) is 0. The highest BCUT2D eigenvalue weighted by Crippen LogP contribution is 2.37. The first-order valence-corrected chi connectivity index (χ1v) is 7.78. The summed E-state index contributed by atoms with van der Waals surface area (Å²) in [6, 6.07) is 2.01. The maximum Gasteiger partial charge on any atom is 0.239 e. The molecule has 5 nitrogen and oxygen atoms in total. The zero-order valence-electron chi connectivity index (χ0n) is 13.7. The number of carbonyl (C=O) groups is 1. The van der Waals surface area contributed by atoms with Crippen LogP contribution in [0.25, 0.3) is 0 Å². The van der Waals surface area contributed by atoms with Crippen molar-refractivity contribution in [3.05, 3.63) is 0 Å². The van der Waals surface area contributed by atoms with Crippen LogP contribution >= 0.6 is 0 Å². The lowest BCUT2D eigenvalue weighted by molar-refractivity contribution is -0.133. The van der Waals surface area contributed by atoms with Gasteiger partial charge >= 0.3 is 0 Å². The van der Waals surface area contributed by atoms with E-state index in [4.69, 9.17) is 14.7 Å². The van der Waals surface area contributed by atoms with E-state index in [1.807, 2.05) is 6.07 Å². The fraction of sp³-hybridized carbons (Fsp3) is 0.875. The number of nitrogens with one attached hydrogen (secondary N) is 1. The van der Waals surface area contributed by atoms with E-state index >= 15 is 0 Å². The summed E-state index contributed by atoms with van der Waals surface area (Å²) in [6.07, 6.45) is 3.76. The van der Waals surface area contributed by atoms with Crippen molar-refractivity contribution in [3.63, 3.8) is 0 Å². The van der Waals surface area contributed by atoms with Gasteiger partial charge in [0, 0.05) is 12.0 Å². The molecular weight excluding hydrogens is 268 g/mol. The molecule has 21 heavy (non-hydrogen) atoms. The van der Waals surface area contributed by atoms with Gasteiger partial charge in [-0.05, 0) is 33.1 Å². The van der Waals surface area contributed by atoms with Crippen LogP contribution in [0.5, 0.6) is 0 Å². The van der Waals surface area contributed by atoms with E-state index in [-0.39, 0.29) is 17.6 Å². The number of rotatable bonds is 8.